The van der Waals surface area contributed by atoms with Crippen molar-refractivity contribution in [3.8, 4) is 11.4 Å². The first-order valence-corrected chi connectivity index (χ1v) is 9.43. The van der Waals surface area contributed by atoms with E-state index in [0.29, 0.717) is 24.7 Å². The van der Waals surface area contributed by atoms with Crippen molar-refractivity contribution in [2.24, 2.45) is 0 Å². The van der Waals surface area contributed by atoms with Crippen LogP contribution >= 0.6 is 0 Å². The minimum absolute atomic E-state index is 0.0452. The Morgan fingerprint density at radius 1 is 1.14 bits per heavy atom. The first-order chi connectivity index (χ1) is 14.0. The van der Waals surface area contributed by atoms with Crippen LogP contribution in [0.4, 0.5) is 11.5 Å². The number of piperidine rings is 1. The number of pyridine rings is 1. The van der Waals surface area contributed by atoms with Gasteiger partial charge in [0.2, 0.25) is 11.6 Å². The lowest BCUT2D eigenvalue weighted by Crippen LogP contribution is -2.32. The number of nitro groups is 1. The molecule has 0 radical (unpaired) electrons. The molecular weight excluding hydrogens is 370 g/mol. The molecule has 2 aromatic heterocycles. The Bertz CT molecular complexity index is 1080. The van der Waals surface area contributed by atoms with Gasteiger partial charge in [-0.1, -0.05) is 23.8 Å². The first-order valence-electron chi connectivity index (χ1n) is 9.43. The molecule has 148 valence electrons. The van der Waals surface area contributed by atoms with Crippen LogP contribution in [0.3, 0.4) is 0 Å². The van der Waals surface area contributed by atoms with E-state index in [2.05, 4.69) is 20.4 Å². The van der Waals surface area contributed by atoms with E-state index in [1.54, 1.807) is 6.07 Å². The Hall–Kier alpha value is -3.62. The van der Waals surface area contributed by atoms with Gasteiger partial charge in [0.05, 0.1) is 11.1 Å². The van der Waals surface area contributed by atoms with E-state index in [1.165, 1.54) is 16.4 Å². The number of hydrogen-bond donors (Lipinski definition) is 0. The van der Waals surface area contributed by atoms with E-state index in [-0.39, 0.29) is 10.6 Å². The van der Waals surface area contributed by atoms with E-state index in [1.807, 2.05) is 49.2 Å². The van der Waals surface area contributed by atoms with Gasteiger partial charge in [0.25, 0.3) is 0 Å². The van der Waals surface area contributed by atoms with Gasteiger partial charge in [0, 0.05) is 30.4 Å². The molecule has 0 N–H and O–H groups in total. The highest BCUT2D eigenvalue weighted by Gasteiger charge is 2.24. The van der Waals surface area contributed by atoms with Crippen molar-refractivity contribution >= 4 is 17.7 Å². The fourth-order valence-corrected chi connectivity index (χ4v) is 3.39. The molecule has 0 aliphatic carbocycles. The zero-order valence-electron chi connectivity index (χ0n) is 16.3. The molecule has 9 heteroatoms. The normalized spacial score (nSPS) is 14.1. The summed E-state index contributed by atoms with van der Waals surface area (Å²) in [6.07, 6.45) is 3.41. The lowest BCUT2D eigenvalue weighted by molar-refractivity contribution is -0.384. The number of nitrogens with zero attached hydrogens (tertiary/aromatic N) is 7. The van der Waals surface area contributed by atoms with Crippen molar-refractivity contribution in [1.82, 2.24) is 25.2 Å². The average Bonchev–Trinajstić information content (AvgIpc) is 3.17. The van der Waals surface area contributed by atoms with E-state index in [4.69, 9.17) is 0 Å². The lowest BCUT2D eigenvalue weighted by Gasteiger charge is -2.29. The molecule has 1 aliphatic heterocycles. The molecule has 9 nitrogen and oxygen atoms in total. The van der Waals surface area contributed by atoms with Crippen LogP contribution in [0.5, 0.6) is 0 Å². The van der Waals surface area contributed by atoms with Crippen LogP contribution in [0.2, 0.25) is 0 Å². The van der Waals surface area contributed by atoms with Crippen molar-refractivity contribution in [3.05, 3.63) is 63.3 Å². The number of rotatable bonds is 4. The van der Waals surface area contributed by atoms with Gasteiger partial charge in [0.15, 0.2) is 0 Å². The predicted octanol–water partition coefficient (Wildman–Crippen LogP) is 3.40. The van der Waals surface area contributed by atoms with Crippen LogP contribution < -0.4 is 4.90 Å². The van der Waals surface area contributed by atoms with Gasteiger partial charge in [-0.05, 0) is 49.6 Å². The van der Waals surface area contributed by atoms with Gasteiger partial charge in [-0.2, -0.15) is 0 Å². The minimum Gasteiger partial charge on any atom is -0.350 e. The van der Waals surface area contributed by atoms with Gasteiger partial charge < -0.3 is 4.90 Å². The number of anilines is 1. The van der Waals surface area contributed by atoms with Crippen LogP contribution in [0.15, 0.2) is 42.0 Å². The number of tetrazole rings is 1. The summed E-state index contributed by atoms with van der Waals surface area (Å²) in [6, 6.07) is 11.2. The predicted molar refractivity (Wildman–Crippen MR) is 109 cm³/mol. The maximum absolute atomic E-state index is 11.3. The van der Waals surface area contributed by atoms with Crippen molar-refractivity contribution in [1.29, 1.82) is 0 Å². The van der Waals surface area contributed by atoms with E-state index in [9.17, 15) is 10.1 Å². The highest BCUT2D eigenvalue weighted by Crippen LogP contribution is 2.29. The number of hydrogen-bond acceptors (Lipinski definition) is 7. The molecule has 0 spiro atoms. The van der Waals surface area contributed by atoms with Crippen LogP contribution in [-0.2, 0) is 0 Å². The Balaban J connectivity index is 1.47. The maximum Gasteiger partial charge on any atom is 0.311 e. The van der Waals surface area contributed by atoms with Gasteiger partial charge >= 0.3 is 5.69 Å². The minimum atomic E-state index is -0.376. The van der Waals surface area contributed by atoms with Gasteiger partial charge in [-0.25, -0.2) is 4.98 Å². The topological polar surface area (TPSA) is 103 Å². The third-order valence-corrected chi connectivity index (χ3v) is 4.90. The molecular formula is C20H21N7O2. The number of aryl methyl sites for hydroxylation is 2. The molecule has 1 aliphatic rings. The molecule has 0 saturated carbocycles. The molecule has 3 aromatic rings. The summed E-state index contributed by atoms with van der Waals surface area (Å²) in [6.45, 7) is 5.17. The van der Waals surface area contributed by atoms with Crippen molar-refractivity contribution < 1.29 is 4.92 Å². The summed E-state index contributed by atoms with van der Waals surface area (Å²) < 4.78 is 0. The van der Waals surface area contributed by atoms with E-state index < -0.39 is 0 Å². The van der Waals surface area contributed by atoms with E-state index >= 15 is 0 Å². The molecule has 29 heavy (non-hydrogen) atoms. The summed E-state index contributed by atoms with van der Waals surface area (Å²) in [5.74, 6) is 1.03. The van der Waals surface area contributed by atoms with Crippen molar-refractivity contribution in [2.75, 3.05) is 18.0 Å². The molecule has 1 fully saturated rings. The van der Waals surface area contributed by atoms with Crippen LogP contribution in [0.25, 0.3) is 17.6 Å². The van der Waals surface area contributed by atoms with Gasteiger partial charge in [-0.15, -0.1) is 15.0 Å². The molecule has 0 unspecified atom stereocenters. The first kappa shape index (κ1) is 18.7. The molecule has 0 bridgehead atoms. The summed E-state index contributed by atoms with van der Waals surface area (Å²) in [5.41, 5.74) is 4.06. The Kier molecular flexibility index (Phi) is 5.03. The second-order valence-electron chi connectivity index (χ2n) is 7.13. The molecule has 0 amide bonds. The summed E-state index contributed by atoms with van der Waals surface area (Å²) >= 11 is 0. The largest absolute Gasteiger partial charge is 0.350 e. The zero-order valence-corrected chi connectivity index (χ0v) is 16.3. The monoisotopic (exact) mass is 391 g/mol. The summed E-state index contributed by atoms with van der Waals surface area (Å²) in [7, 11) is 0. The van der Waals surface area contributed by atoms with Crippen molar-refractivity contribution in [3.63, 3.8) is 0 Å². The lowest BCUT2D eigenvalue weighted by atomic mass is 10.1. The maximum atomic E-state index is 11.3. The third kappa shape index (κ3) is 4.13. The molecule has 0 atom stereocenters. The highest BCUT2D eigenvalue weighted by molar-refractivity contribution is 5.59. The second-order valence-corrected chi connectivity index (χ2v) is 7.13. The number of aromatic nitrogens is 5. The van der Waals surface area contributed by atoms with Crippen molar-refractivity contribution in [2.45, 2.75) is 26.7 Å². The van der Waals surface area contributed by atoms with Gasteiger partial charge in [0.1, 0.15) is 0 Å². The highest BCUT2D eigenvalue weighted by atomic mass is 16.6. The molecule has 1 aromatic carbocycles. The third-order valence-electron chi connectivity index (χ3n) is 4.90. The standard InChI is InChI=1S/C20H21N7O2/c1-14-4-3-5-17(12-14)19-22-24-26(23-19)13-16-8-10-25(11-9-16)20-18(27(28)29)7-6-15(2)21-20/h3-7,12-13H,8-11H2,1-2H3. The fraction of sp³-hybridized carbons (Fsp3) is 0.300. The average molecular weight is 391 g/mol. The Morgan fingerprint density at radius 3 is 2.66 bits per heavy atom. The van der Waals surface area contributed by atoms with E-state index in [0.717, 1.165) is 29.7 Å². The Labute approximate surface area is 167 Å². The molecule has 4 rings (SSSR count). The number of benzene rings is 1. The Morgan fingerprint density at radius 2 is 1.93 bits per heavy atom. The molecule has 3 heterocycles. The quantitative estimate of drug-likeness (QED) is 0.496. The molecule has 1 saturated heterocycles. The summed E-state index contributed by atoms with van der Waals surface area (Å²) in [4.78, 5) is 18.8. The fourth-order valence-electron chi connectivity index (χ4n) is 3.39. The van der Waals surface area contributed by atoms with Crippen LogP contribution in [0.1, 0.15) is 24.1 Å². The van der Waals surface area contributed by atoms with Crippen LogP contribution in [0, 0.1) is 24.0 Å². The zero-order chi connectivity index (χ0) is 20.4. The summed E-state index contributed by atoms with van der Waals surface area (Å²) in [5, 5.41) is 24.0. The smallest absolute Gasteiger partial charge is 0.311 e. The van der Waals surface area contributed by atoms with Crippen LogP contribution in [-0.4, -0.2) is 43.2 Å². The van der Waals surface area contributed by atoms with Gasteiger partial charge in [-0.3, -0.25) is 10.1 Å². The second kappa shape index (κ2) is 7.78. The SMILES string of the molecule is Cc1cccc(-c2nnn(C=C3CCN(c4nc(C)ccc4[N+](=O)[O-])CC3)n2)c1.